The number of rotatable bonds is 15. The third-order valence-electron chi connectivity index (χ3n) is 3.65. The van der Waals surface area contributed by atoms with Crippen LogP contribution in [0.1, 0.15) is 96.8 Å². The van der Waals surface area contributed by atoms with Crippen molar-refractivity contribution in [2.24, 2.45) is 0 Å². The largest absolute Gasteiger partial charge is 0.668 e. The van der Waals surface area contributed by atoms with Crippen LogP contribution in [0.3, 0.4) is 0 Å². The number of aliphatic carboxylic acids is 1. The lowest BCUT2D eigenvalue weighted by Gasteiger charge is -1.99. The van der Waals surface area contributed by atoms with E-state index in [1.165, 1.54) is 70.6 Å². The summed E-state index contributed by atoms with van der Waals surface area (Å²) in [7, 11) is -4.61. The fraction of sp³-hybridized carbons (Fsp3) is 0.833. The van der Waals surface area contributed by atoms with Gasteiger partial charge in [-0.25, -0.2) is 0 Å². The highest BCUT2D eigenvalue weighted by atomic mass is 28.4. The molecule has 0 aliphatic heterocycles. The van der Waals surface area contributed by atoms with Gasteiger partial charge >= 0.3 is 107 Å². The van der Waals surface area contributed by atoms with E-state index in [-0.39, 0.29) is 114 Å². The highest BCUT2D eigenvalue weighted by Gasteiger charge is 2.22. The Morgan fingerprint density at radius 1 is 0.606 bits per heavy atom. The molecule has 0 aliphatic carbocycles. The van der Waals surface area contributed by atoms with Crippen molar-refractivity contribution >= 4 is 107 Å². The molecule has 0 fully saturated rings. The predicted molar refractivity (Wildman–Crippen MR) is 150 cm³/mol. The average Bonchev–Trinajstić information content (AvgIpc) is 2.49. The molecule has 10 nitrogen and oxygen atoms in total. The zero-order valence-corrected chi connectivity index (χ0v) is 18.7. The Morgan fingerprint density at radius 3 is 1.18 bits per heavy atom. The van der Waals surface area contributed by atoms with Gasteiger partial charge in [0.15, 0.2) is 0 Å². The molecular weight excluding hydrogens is 501 g/mol. The van der Waals surface area contributed by atoms with Crippen LogP contribution < -0.4 is 0 Å². The van der Waals surface area contributed by atoms with Crippen molar-refractivity contribution < 1.29 is 51.0 Å². The summed E-state index contributed by atoms with van der Waals surface area (Å²) in [5.41, 5.74) is 0. The molecule has 33 heavy (non-hydrogen) atoms. The fourth-order valence-corrected chi connectivity index (χ4v) is 2.35. The highest BCUT2D eigenvalue weighted by molar-refractivity contribution is 6.46. The van der Waals surface area contributed by atoms with E-state index in [0.717, 1.165) is 12.8 Å². The average molecular weight is 556 g/mol. The maximum Gasteiger partial charge on any atom is 0.668 e. The van der Waals surface area contributed by atoms with Gasteiger partial charge in [-0.1, -0.05) is 70.4 Å². The SMILES string of the molecule is CCCCCCCC/C=C\CCCCCCCC(=O)O.O.O.O.O.O[Si](O)(O)O.[MgH2].[MgH2].[MgH2].[MgH2]. The van der Waals surface area contributed by atoms with E-state index in [4.69, 9.17) is 24.3 Å². The van der Waals surface area contributed by atoms with E-state index >= 15 is 0 Å². The first-order valence-corrected chi connectivity index (χ1v) is 11.3. The second-order valence-electron chi connectivity index (χ2n) is 6.33. The molecule has 15 heteroatoms. The number of allylic oxidation sites excluding steroid dienone is 2. The zero-order chi connectivity index (χ0) is 19.4. The molecule has 0 saturated carbocycles. The molecule has 0 amide bonds. The number of hydrogen-bond acceptors (Lipinski definition) is 5. The van der Waals surface area contributed by atoms with Crippen molar-refractivity contribution in [2.75, 3.05) is 0 Å². The Kier molecular flexibility index (Phi) is 100. The van der Waals surface area contributed by atoms with Gasteiger partial charge in [-0.2, -0.15) is 0 Å². The van der Waals surface area contributed by atoms with Gasteiger partial charge in [0.2, 0.25) is 0 Å². The lowest BCUT2D eigenvalue weighted by Crippen LogP contribution is -2.33. The van der Waals surface area contributed by atoms with Crippen LogP contribution in [0.25, 0.3) is 0 Å². The van der Waals surface area contributed by atoms with Gasteiger partial charge in [-0.05, 0) is 32.1 Å². The Hall–Kier alpha value is 2.17. The van der Waals surface area contributed by atoms with Crippen molar-refractivity contribution in [3.8, 4) is 0 Å². The molecule has 0 aromatic heterocycles. The van der Waals surface area contributed by atoms with Crippen molar-refractivity contribution in [2.45, 2.75) is 96.8 Å². The minimum Gasteiger partial charge on any atom is -0.481 e. The molecule has 0 radical (unpaired) electrons. The molecule has 198 valence electrons. The molecule has 0 atom stereocenters. The van der Waals surface area contributed by atoms with E-state index < -0.39 is 15.0 Å². The van der Waals surface area contributed by atoms with Crippen molar-refractivity contribution in [1.29, 1.82) is 0 Å². The smallest absolute Gasteiger partial charge is 0.481 e. The lowest BCUT2D eigenvalue weighted by atomic mass is 10.1. The number of carboxylic acids is 1. The van der Waals surface area contributed by atoms with Gasteiger partial charge in [0, 0.05) is 6.42 Å². The third-order valence-corrected chi connectivity index (χ3v) is 3.65. The maximum absolute atomic E-state index is 10.3. The van der Waals surface area contributed by atoms with Crippen LogP contribution in [0.2, 0.25) is 0 Å². The number of carbonyl (C=O) groups is 1. The number of unbranched alkanes of at least 4 members (excludes halogenated alkanes) is 11. The number of carboxylic acid groups (broad SMARTS) is 1. The maximum atomic E-state index is 10.3. The summed E-state index contributed by atoms with van der Waals surface area (Å²) < 4.78 is 0. The summed E-state index contributed by atoms with van der Waals surface area (Å²) in [4.78, 5) is 39.6. The van der Waals surface area contributed by atoms with E-state index in [0.29, 0.717) is 6.42 Å². The quantitative estimate of drug-likeness (QED) is 0.0779. The minimum absolute atomic E-state index is 0. The second-order valence-corrected chi connectivity index (χ2v) is 7.53. The van der Waals surface area contributed by atoms with Crippen LogP contribution >= 0.6 is 0 Å². The standard InChI is InChI=1S/C18H34O2.4Mg.H4O4Si.4H2O.8H/c1-2-3-4-5-6-7-8-9-10-11-12-13-14-15-16-17-18(19)20;;;;;1-5(2,3)4;;;;;;;;;;;;/h9-10H,2-8,11-17H2,1H3,(H,19,20);;;;;1-4H;4*1H2;;;;;;;;/b10-9-;;;;;;;;;;;;;;;;;. The first-order valence-electron chi connectivity index (χ1n) is 9.53. The fourth-order valence-electron chi connectivity index (χ4n) is 2.35. The van der Waals surface area contributed by atoms with Crippen molar-refractivity contribution in [3.05, 3.63) is 12.2 Å². The second kappa shape index (κ2) is 50.9. The summed E-state index contributed by atoms with van der Waals surface area (Å²) in [5.74, 6) is -0.664. The molecule has 0 aromatic rings. The summed E-state index contributed by atoms with van der Waals surface area (Å²) in [6, 6.07) is 0. The van der Waals surface area contributed by atoms with Crippen molar-refractivity contribution in [3.63, 3.8) is 0 Å². The minimum atomic E-state index is -4.61. The Bertz CT molecular complexity index is 334. The van der Waals surface area contributed by atoms with E-state index in [2.05, 4.69) is 19.1 Å². The van der Waals surface area contributed by atoms with Crippen LogP contribution in [0, 0.1) is 0 Å². The van der Waals surface area contributed by atoms with E-state index in [9.17, 15) is 4.79 Å². The Labute approximate surface area is 264 Å². The predicted octanol–water partition coefficient (Wildman–Crippen LogP) is -3.46. The molecule has 0 bridgehead atoms. The van der Waals surface area contributed by atoms with E-state index in [1.54, 1.807) is 0 Å². The number of hydrogen-bond donors (Lipinski definition) is 5. The van der Waals surface area contributed by atoms with Gasteiger partial charge in [0.1, 0.15) is 0 Å². The molecule has 0 saturated heterocycles. The molecular formula is C18H54Mg4O10Si. The topological polar surface area (TPSA) is 244 Å². The van der Waals surface area contributed by atoms with E-state index in [1.807, 2.05) is 0 Å². The first kappa shape index (κ1) is 64.8. The highest BCUT2D eigenvalue weighted by Crippen LogP contribution is 2.09. The molecule has 0 aliphatic rings. The third kappa shape index (κ3) is 96.2. The first-order chi connectivity index (χ1) is 11.8. The van der Waals surface area contributed by atoms with Crippen LogP contribution in [0.5, 0.6) is 0 Å². The van der Waals surface area contributed by atoms with Gasteiger partial charge in [0.05, 0.1) is 0 Å². The van der Waals surface area contributed by atoms with Gasteiger partial charge in [0.25, 0.3) is 0 Å². The van der Waals surface area contributed by atoms with Crippen molar-refractivity contribution in [1.82, 2.24) is 0 Å². The Morgan fingerprint density at radius 2 is 0.879 bits per heavy atom. The molecule has 0 rings (SSSR count). The van der Waals surface area contributed by atoms with Gasteiger partial charge in [-0.3, -0.25) is 4.79 Å². The van der Waals surface area contributed by atoms with Crippen LogP contribution in [-0.4, -0.2) is 153 Å². The van der Waals surface area contributed by atoms with Crippen LogP contribution in [0.15, 0.2) is 12.2 Å². The monoisotopic (exact) mass is 554 g/mol. The summed E-state index contributed by atoms with van der Waals surface area (Å²) in [5, 5.41) is 8.51. The Balaban J connectivity index is -0.0000000461. The van der Waals surface area contributed by atoms with Gasteiger partial charge in [-0.15, -0.1) is 0 Å². The normalized spacial score (nSPS) is 8.64. The molecule has 0 spiro atoms. The molecule has 0 aromatic carbocycles. The summed E-state index contributed by atoms with van der Waals surface area (Å²) in [6.07, 6.45) is 21.2. The summed E-state index contributed by atoms with van der Waals surface area (Å²) in [6.45, 7) is 2.26. The van der Waals surface area contributed by atoms with Gasteiger partial charge < -0.3 is 46.2 Å². The molecule has 0 unspecified atom stereocenters. The molecule has 13 N–H and O–H groups in total. The zero-order valence-electron chi connectivity index (χ0n) is 17.7. The van der Waals surface area contributed by atoms with Crippen LogP contribution in [0.4, 0.5) is 0 Å². The summed E-state index contributed by atoms with van der Waals surface area (Å²) >= 11 is 0. The van der Waals surface area contributed by atoms with Crippen LogP contribution in [-0.2, 0) is 4.79 Å². The molecule has 0 heterocycles. The lowest BCUT2D eigenvalue weighted by molar-refractivity contribution is -0.137.